The first-order valence-electron chi connectivity index (χ1n) is 21.9. The Bertz CT molecular complexity index is 3780. The first-order valence-corrected chi connectivity index (χ1v) is 21.9. The van der Waals surface area contributed by atoms with Gasteiger partial charge in [0.1, 0.15) is 0 Å². The quantitative estimate of drug-likeness (QED) is 0.151. The summed E-state index contributed by atoms with van der Waals surface area (Å²) in [5, 5.41) is 0. The van der Waals surface area contributed by atoms with Gasteiger partial charge in [-0.15, -0.1) is 0 Å². The molecule has 8 aromatic carbocycles. The summed E-state index contributed by atoms with van der Waals surface area (Å²) in [6.07, 6.45) is 0. The third-order valence-corrected chi connectivity index (χ3v) is 14.6. The Kier molecular flexibility index (Phi) is 6.12. The van der Waals surface area contributed by atoms with Gasteiger partial charge >= 0.3 is 0 Å². The van der Waals surface area contributed by atoms with Crippen molar-refractivity contribution in [3.05, 3.63) is 224 Å². The lowest BCUT2D eigenvalue weighted by Gasteiger charge is -2.42. The van der Waals surface area contributed by atoms with Crippen molar-refractivity contribution in [2.45, 2.75) is 23.7 Å². The molecule has 4 aromatic heterocycles. The zero-order valence-electron chi connectivity index (χ0n) is 33.9. The van der Waals surface area contributed by atoms with E-state index < -0.39 is 0 Å². The molecule has 294 valence electrons. The van der Waals surface area contributed by atoms with E-state index in [0.29, 0.717) is 22.6 Å². The molecule has 0 spiro atoms. The molecule has 0 saturated heterocycles. The summed E-state index contributed by atoms with van der Waals surface area (Å²) in [6.45, 7) is 0. The van der Waals surface area contributed by atoms with Crippen LogP contribution in [0.3, 0.4) is 0 Å². The van der Waals surface area contributed by atoms with Crippen molar-refractivity contribution in [3.63, 3.8) is 0 Å². The molecule has 0 N–H and O–H groups in total. The summed E-state index contributed by atoms with van der Waals surface area (Å²) < 4.78 is 0. The minimum atomic E-state index is 0.161. The van der Waals surface area contributed by atoms with Crippen LogP contribution in [0.25, 0.3) is 77.8 Å². The van der Waals surface area contributed by atoms with Crippen LogP contribution in [0.1, 0.15) is 90.4 Å². The van der Waals surface area contributed by atoms with Crippen molar-refractivity contribution in [2.75, 3.05) is 0 Å². The van der Waals surface area contributed by atoms with Gasteiger partial charge < -0.3 is 0 Å². The molecular formula is C56H30N8. The third-order valence-electron chi connectivity index (χ3n) is 14.6. The van der Waals surface area contributed by atoms with E-state index in [4.69, 9.17) is 39.9 Å². The molecule has 12 aromatic rings. The Labute approximate surface area is 364 Å². The Morgan fingerprint density at radius 3 is 0.672 bits per heavy atom. The summed E-state index contributed by atoms with van der Waals surface area (Å²) in [5.41, 5.74) is 26.7. The molecule has 8 nitrogen and oxygen atoms in total. The first-order chi connectivity index (χ1) is 31.7. The molecule has 6 aliphatic carbocycles. The van der Waals surface area contributed by atoms with Crippen molar-refractivity contribution in [1.82, 2.24) is 39.9 Å². The average molecular weight is 815 g/mol. The van der Waals surface area contributed by atoms with Gasteiger partial charge in [-0.25, -0.2) is 39.9 Å². The third kappa shape index (κ3) is 4.31. The van der Waals surface area contributed by atoms with Crippen LogP contribution in [0.4, 0.5) is 0 Å². The van der Waals surface area contributed by atoms with Gasteiger partial charge in [-0.05, 0) is 126 Å². The van der Waals surface area contributed by atoms with Gasteiger partial charge in [-0.3, -0.25) is 0 Å². The number of hydrogen-bond acceptors (Lipinski definition) is 8. The van der Waals surface area contributed by atoms with Gasteiger partial charge in [-0.1, -0.05) is 109 Å². The lowest BCUT2D eigenvalue weighted by atomic mass is 9.61. The van der Waals surface area contributed by atoms with Crippen LogP contribution >= 0.6 is 0 Å². The molecule has 4 heterocycles. The highest BCUT2D eigenvalue weighted by atomic mass is 15.0. The van der Waals surface area contributed by atoms with Gasteiger partial charge in [0.25, 0.3) is 0 Å². The molecule has 0 radical (unpaired) electrons. The second kappa shape index (κ2) is 11.8. The molecule has 0 aliphatic heterocycles. The number of nitrogens with zero attached hydrogens (tertiary/aromatic N) is 8. The Morgan fingerprint density at radius 2 is 0.422 bits per heavy atom. The lowest BCUT2D eigenvalue weighted by molar-refractivity contribution is 0.756. The topological polar surface area (TPSA) is 103 Å². The van der Waals surface area contributed by atoms with Crippen LogP contribution < -0.4 is 0 Å². The molecule has 0 saturated carbocycles. The van der Waals surface area contributed by atoms with Crippen LogP contribution in [0, 0.1) is 0 Å². The monoisotopic (exact) mass is 814 g/mol. The van der Waals surface area contributed by atoms with E-state index in [2.05, 4.69) is 146 Å². The van der Waals surface area contributed by atoms with Gasteiger partial charge in [0.05, 0.1) is 44.1 Å². The minimum Gasteiger partial charge on any atom is -0.224 e. The molecule has 0 atom stereocenters. The van der Waals surface area contributed by atoms with Crippen LogP contribution in [0.2, 0.25) is 0 Å². The molecule has 64 heavy (non-hydrogen) atoms. The zero-order chi connectivity index (χ0) is 41.4. The van der Waals surface area contributed by atoms with Crippen LogP contribution in [-0.4, -0.2) is 39.9 Å². The van der Waals surface area contributed by atoms with Crippen LogP contribution in [0.15, 0.2) is 158 Å². The van der Waals surface area contributed by atoms with Gasteiger partial charge in [0.2, 0.25) is 0 Å². The Hall–Kier alpha value is -8.36. The standard InChI is InChI=1S/C56H30N8/c1-5-13-33-29(9-1)49-30-10-2-6-14-34(30)51(33)39-25-47-45(23-37(39)49)61-53-55(63-47)59-43-21-27(17-19-41(43)57-53)28-18-20-42-44(22-28)60-56-54(58-42)62-46-24-38-40(26-48(46)64-56)52-35-15-7-3-11-31(35)50(38)32-12-4-8-16-36(32)52/h1-26,49-52H. The van der Waals surface area contributed by atoms with Crippen molar-refractivity contribution in [2.24, 2.45) is 0 Å². The molecule has 0 fully saturated rings. The highest BCUT2D eigenvalue weighted by Gasteiger charge is 2.43. The van der Waals surface area contributed by atoms with E-state index in [1.54, 1.807) is 0 Å². The fourth-order valence-corrected chi connectivity index (χ4v) is 11.9. The second-order valence-electron chi connectivity index (χ2n) is 17.8. The molecule has 8 heteroatoms. The van der Waals surface area contributed by atoms with E-state index in [1.807, 2.05) is 12.1 Å². The van der Waals surface area contributed by atoms with E-state index in [0.717, 1.165) is 55.3 Å². The highest BCUT2D eigenvalue weighted by molar-refractivity contribution is 5.94. The van der Waals surface area contributed by atoms with Crippen molar-refractivity contribution in [3.8, 4) is 11.1 Å². The first kappa shape index (κ1) is 33.3. The summed E-state index contributed by atoms with van der Waals surface area (Å²) in [4.78, 5) is 40.5. The fraction of sp³-hybridized carbons (Fsp3) is 0.0714. The second-order valence-corrected chi connectivity index (χ2v) is 17.8. The predicted octanol–water partition coefficient (Wildman–Crippen LogP) is 11.4. The van der Waals surface area contributed by atoms with Crippen molar-refractivity contribution >= 4 is 66.7 Å². The molecule has 4 bridgehead atoms. The van der Waals surface area contributed by atoms with Crippen molar-refractivity contribution < 1.29 is 0 Å². The summed E-state index contributed by atoms with van der Waals surface area (Å²) in [6, 6.07) is 56.8. The Balaban J connectivity index is 0.782. The van der Waals surface area contributed by atoms with E-state index in [-0.39, 0.29) is 23.7 Å². The molecule has 6 aliphatic rings. The van der Waals surface area contributed by atoms with Gasteiger partial charge in [0.15, 0.2) is 22.6 Å². The maximum Gasteiger partial charge on any atom is 0.199 e. The van der Waals surface area contributed by atoms with Crippen molar-refractivity contribution in [1.29, 1.82) is 0 Å². The molecule has 0 unspecified atom stereocenters. The van der Waals surface area contributed by atoms with E-state index >= 15 is 0 Å². The molecule has 18 rings (SSSR count). The van der Waals surface area contributed by atoms with E-state index in [9.17, 15) is 0 Å². The number of fused-ring (bicyclic) bond motifs is 6. The summed E-state index contributed by atoms with van der Waals surface area (Å²) in [5.74, 6) is 0.658. The SMILES string of the molecule is c1ccc2c(c1)C1c3ccccc3C2c2cc3nc4nc5cc(-c6ccc7nc8nc9cc%10c(cc9nc8nc7c6)C6c7ccccc7C%10c7ccccc76)ccc5nc4nc3cc21. The number of hydrogen-bond donors (Lipinski definition) is 0. The maximum atomic E-state index is 5.11. The number of rotatable bonds is 1. The fourth-order valence-electron chi connectivity index (χ4n) is 11.9. The lowest BCUT2D eigenvalue weighted by Crippen LogP contribution is -2.27. The van der Waals surface area contributed by atoms with E-state index in [1.165, 1.54) is 66.8 Å². The number of benzene rings is 8. The summed E-state index contributed by atoms with van der Waals surface area (Å²) in [7, 11) is 0. The Morgan fingerprint density at radius 1 is 0.203 bits per heavy atom. The van der Waals surface area contributed by atoms with Crippen LogP contribution in [0.5, 0.6) is 0 Å². The van der Waals surface area contributed by atoms with Gasteiger partial charge in [0, 0.05) is 23.7 Å². The smallest absolute Gasteiger partial charge is 0.199 e. The zero-order valence-corrected chi connectivity index (χ0v) is 33.9. The average Bonchev–Trinajstić information content (AvgIpc) is 3.34. The summed E-state index contributed by atoms with van der Waals surface area (Å²) >= 11 is 0. The molecule has 0 amide bonds. The maximum absolute atomic E-state index is 5.11. The largest absolute Gasteiger partial charge is 0.224 e. The number of aromatic nitrogens is 8. The normalized spacial score (nSPS) is 18.3. The minimum absolute atomic E-state index is 0.161. The highest BCUT2D eigenvalue weighted by Crippen LogP contribution is 2.57. The van der Waals surface area contributed by atoms with Gasteiger partial charge in [-0.2, -0.15) is 0 Å². The van der Waals surface area contributed by atoms with Crippen LogP contribution in [-0.2, 0) is 0 Å². The molecular weight excluding hydrogens is 785 g/mol. The predicted molar refractivity (Wildman–Crippen MR) is 249 cm³/mol.